The minimum Gasteiger partial charge on any atom is -0.357 e. The molecule has 0 radical (unpaired) electrons. The molecule has 80 valence electrons. The maximum absolute atomic E-state index is 11.4. The van der Waals surface area contributed by atoms with Crippen molar-refractivity contribution in [2.45, 2.75) is 12.0 Å². The van der Waals surface area contributed by atoms with Crippen LogP contribution in [0.5, 0.6) is 0 Å². The summed E-state index contributed by atoms with van der Waals surface area (Å²) in [7, 11) is -1.99. The summed E-state index contributed by atoms with van der Waals surface area (Å²) in [6.07, 6.45) is 1.47. The van der Waals surface area contributed by atoms with Crippen LogP contribution in [0.1, 0.15) is 6.42 Å². The number of nitrogens with zero attached hydrogens (tertiary/aromatic N) is 1. The van der Waals surface area contributed by atoms with Gasteiger partial charge in [0.25, 0.3) is 0 Å². The van der Waals surface area contributed by atoms with Gasteiger partial charge >= 0.3 is 0 Å². The molecule has 0 saturated carbocycles. The summed E-state index contributed by atoms with van der Waals surface area (Å²) in [6.45, 7) is 0.0875. The SMILES string of the molecule is CNC(=O)C1(CC=O)CN1S(C)(=O)=O. The highest BCUT2D eigenvalue weighted by molar-refractivity contribution is 7.88. The Morgan fingerprint density at radius 3 is 2.50 bits per heavy atom. The number of aldehydes is 1. The van der Waals surface area contributed by atoms with Crippen molar-refractivity contribution in [1.82, 2.24) is 9.62 Å². The molecule has 7 heteroatoms. The number of rotatable bonds is 4. The lowest BCUT2D eigenvalue weighted by Gasteiger charge is -2.11. The van der Waals surface area contributed by atoms with E-state index in [1.54, 1.807) is 0 Å². The first-order valence-electron chi connectivity index (χ1n) is 4.02. The van der Waals surface area contributed by atoms with Gasteiger partial charge in [-0.05, 0) is 0 Å². The van der Waals surface area contributed by atoms with Gasteiger partial charge < -0.3 is 10.1 Å². The molecule has 1 aliphatic heterocycles. The largest absolute Gasteiger partial charge is 0.357 e. The third-order valence-electron chi connectivity index (χ3n) is 2.25. The summed E-state index contributed by atoms with van der Waals surface area (Å²) in [5, 5.41) is 2.35. The lowest BCUT2D eigenvalue weighted by molar-refractivity contribution is -0.125. The van der Waals surface area contributed by atoms with Crippen LogP contribution in [-0.4, -0.2) is 50.3 Å². The highest BCUT2D eigenvalue weighted by Gasteiger charge is 2.62. The number of nitrogens with one attached hydrogen (secondary N) is 1. The molecule has 0 aromatic heterocycles. The molecular weight excluding hydrogens is 208 g/mol. The Balaban J connectivity index is 2.92. The van der Waals surface area contributed by atoms with E-state index in [-0.39, 0.29) is 13.0 Å². The number of carbonyl (C=O) groups excluding carboxylic acids is 2. The number of sulfonamides is 1. The van der Waals surface area contributed by atoms with Gasteiger partial charge in [-0.25, -0.2) is 8.42 Å². The standard InChI is InChI=1S/C7H12N2O4S/c1-8-6(11)7(3-4-10)5-9(7)14(2,12)13/h4H,3,5H2,1-2H3,(H,8,11). The van der Waals surface area contributed by atoms with Gasteiger partial charge in [0.15, 0.2) is 0 Å². The van der Waals surface area contributed by atoms with E-state index in [9.17, 15) is 18.0 Å². The van der Waals surface area contributed by atoms with E-state index >= 15 is 0 Å². The Kier molecular flexibility index (Phi) is 2.64. The van der Waals surface area contributed by atoms with Gasteiger partial charge in [0, 0.05) is 20.0 Å². The van der Waals surface area contributed by atoms with E-state index < -0.39 is 21.5 Å². The molecule has 6 nitrogen and oxygen atoms in total. The van der Waals surface area contributed by atoms with Gasteiger partial charge in [-0.2, -0.15) is 4.31 Å². The predicted molar refractivity (Wildman–Crippen MR) is 49.0 cm³/mol. The van der Waals surface area contributed by atoms with Crippen LogP contribution < -0.4 is 5.32 Å². The fraction of sp³-hybridized carbons (Fsp3) is 0.714. The first kappa shape index (κ1) is 11.1. The van der Waals surface area contributed by atoms with E-state index in [0.717, 1.165) is 10.6 Å². The van der Waals surface area contributed by atoms with E-state index in [1.165, 1.54) is 7.05 Å². The van der Waals surface area contributed by atoms with Gasteiger partial charge in [-0.15, -0.1) is 0 Å². The number of hydrogen-bond acceptors (Lipinski definition) is 4. The van der Waals surface area contributed by atoms with Gasteiger partial charge in [0.05, 0.1) is 6.26 Å². The normalized spacial score (nSPS) is 30.9. The summed E-state index contributed by atoms with van der Waals surface area (Å²) in [5.41, 5.74) is -1.16. The second kappa shape index (κ2) is 3.32. The molecule has 1 N–H and O–H groups in total. The lowest BCUT2D eigenvalue weighted by Crippen LogP contribution is -2.40. The molecule has 0 aromatic carbocycles. The first-order chi connectivity index (χ1) is 6.38. The van der Waals surface area contributed by atoms with Crippen molar-refractivity contribution >= 4 is 22.2 Å². The molecule has 1 aliphatic rings. The summed E-state index contributed by atoms with van der Waals surface area (Å²) < 4.78 is 23.3. The zero-order chi connectivity index (χ0) is 11.0. The van der Waals surface area contributed by atoms with Crippen LogP contribution in [0, 0.1) is 0 Å². The summed E-state index contributed by atoms with van der Waals surface area (Å²) >= 11 is 0. The van der Waals surface area contributed by atoms with Crippen LogP contribution in [0.3, 0.4) is 0 Å². The number of carbonyl (C=O) groups is 2. The van der Waals surface area contributed by atoms with Gasteiger partial charge in [0.1, 0.15) is 11.8 Å². The summed E-state index contributed by atoms with van der Waals surface area (Å²) in [4.78, 5) is 21.7. The molecule has 2 unspecified atom stereocenters. The van der Waals surface area contributed by atoms with Crippen LogP contribution >= 0.6 is 0 Å². The Hall–Kier alpha value is -0.950. The lowest BCUT2D eigenvalue weighted by atomic mass is 10.1. The third kappa shape index (κ3) is 1.64. The zero-order valence-electron chi connectivity index (χ0n) is 7.98. The van der Waals surface area contributed by atoms with Gasteiger partial charge in [-0.1, -0.05) is 0 Å². The van der Waals surface area contributed by atoms with Crippen LogP contribution in [-0.2, 0) is 19.6 Å². The molecule has 0 aliphatic carbocycles. The zero-order valence-corrected chi connectivity index (χ0v) is 8.80. The molecular formula is C7H12N2O4S. The second-order valence-electron chi connectivity index (χ2n) is 3.25. The van der Waals surface area contributed by atoms with E-state index in [0.29, 0.717) is 6.29 Å². The number of amides is 1. The van der Waals surface area contributed by atoms with Crippen LogP contribution in [0.2, 0.25) is 0 Å². The molecule has 0 spiro atoms. The van der Waals surface area contributed by atoms with Crippen molar-refractivity contribution in [3.05, 3.63) is 0 Å². The summed E-state index contributed by atoms with van der Waals surface area (Å²) in [5.74, 6) is -0.435. The highest BCUT2D eigenvalue weighted by Crippen LogP contribution is 2.37. The first-order valence-corrected chi connectivity index (χ1v) is 5.87. The maximum Gasteiger partial charge on any atom is 0.243 e. The van der Waals surface area contributed by atoms with Gasteiger partial charge in [-0.3, -0.25) is 4.79 Å². The Morgan fingerprint density at radius 2 is 2.21 bits per heavy atom. The monoisotopic (exact) mass is 220 g/mol. The van der Waals surface area contributed by atoms with Crippen LogP contribution in [0.15, 0.2) is 0 Å². The molecule has 1 heterocycles. The Bertz CT molecular complexity index is 364. The van der Waals surface area contributed by atoms with E-state index in [4.69, 9.17) is 0 Å². The molecule has 14 heavy (non-hydrogen) atoms. The topological polar surface area (TPSA) is 83.3 Å². The molecule has 0 bridgehead atoms. The van der Waals surface area contributed by atoms with E-state index in [2.05, 4.69) is 5.32 Å². The van der Waals surface area contributed by atoms with Crippen molar-refractivity contribution in [2.24, 2.45) is 0 Å². The fourth-order valence-corrected chi connectivity index (χ4v) is 2.69. The predicted octanol–water partition coefficient (Wildman–Crippen LogP) is -1.66. The van der Waals surface area contributed by atoms with Crippen molar-refractivity contribution in [3.63, 3.8) is 0 Å². The molecule has 1 rings (SSSR count). The average Bonchev–Trinajstić information content (AvgIpc) is 2.79. The van der Waals surface area contributed by atoms with Crippen molar-refractivity contribution in [3.8, 4) is 0 Å². The molecule has 1 saturated heterocycles. The Morgan fingerprint density at radius 1 is 1.64 bits per heavy atom. The van der Waals surface area contributed by atoms with Gasteiger partial charge in [0.2, 0.25) is 15.9 Å². The maximum atomic E-state index is 11.4. The molecule has 2 atom stereocenters. The van der Waals surface area contributed by atoms with E-state index in [1.807, 2.05) is 0 Å². The second-order valence-corrected chi connectivity index (χ2v) is 5.16. The molecule has 1 amide bonds. The summed E-state index contributed by atoms with van der Waals surface area (Å²) in [6, 6.07) is 0. The Labute approximate surface area is 82.3 Å². The highest BCUT2D eigenvalue weighted by atomic mass is 32.2. The van der Waals surface area contributed by atoms with Crippen molar-refractivity contribution in [2.75, 3.05) is 19.8 Å². The average molecular weight is 220 g/mol. The molecule has 1 fully saturated rings. The van der Waals surface area contributed by atoms with Crippen molar-refractivity contribution in [1.29, 1.82) is 0 Å². The molecule has 0 aromatic rings. The number of likely N-dealkylation sites (N-methyl/N-ethyl adjacent to an activating group) is 1. The van der Waals surface area contributed by atoms with Crippen LogP contribution in [0.25, 0.3) is 0 Å². The fourth-order valence-electron chi connectivity index (χ4n) is 1.45. The number of hydrogen-bond donors (Lipinski definition) is 1. The van der Waals surface area contributed by atoms with Crippen LogP contribution in [0.4, 0.5) is 0 Å². The smallest absolute Gasteiger partial charge is 0.243 e. The van der Waals surface area contributed by atoms with Crippen molar-refractivity contribution < 1.29 is 18.0 Å². The third-order valence-corrected chi connectivity index (χ3v) is 3.53. The quantitative estimate of drug-likeness (QED) is 0.454. The minimum absolute atomic E-state index is 0.0875. The minimum atomic E-state index is -3.40.